The molecule has 0 radical (unpaired) electrons. The lowest BCUT2D eigenvalue weighted by Gasteiger charge is -2.12. The van der Waals surface area contributed by atoms with Crippen molar-refractivity contribution in [3.8, 4) is 0 Å². The van der Waals surface area contributed by atoms with Crippen LogP contribution < -0.4 is 10.9 Å². The number of halogens is 2. The molecule has 0 spiro atoms. The molecule has 7 nitrogen and oxygen atoms in total. The number of aromatic nitrogens is 2. The molecule has 26 heavy (non-hydrogen) atoms. The standard InChI is InChI=1S/C16H15ClFN3O4S/c1-8(15(24)20-12-4-3-9(18)5-11(12)17)26-16-19-10(6-13(22)21-16)7-14(23)25-2/h3-6,8H,7H2,1-2H3,(H,20,24)(H,19,21,22)/t8-/m0/s1. The van der Waals surface area contributed by atoms with Crippen LogP contribution in [0.25, 0.3) is 0 Å². The van der Waals surface area contributed by atoms with Gasteiger partial charge in [-0.3, -0.25) is 14.4 Å². The van der Waals surface area contributed by atoms with Crippen LogP contribution in [-0.4, -0.2) is 34.2 Å². The summed E-state index contributed by atoms with van der Waals surface area (Å²) in [5, 5.41) is 2.19. The van der Waals surface area contributed by atoms with Crippen LogP contribution in [-0.2, 0) is 20.7 Å². The zero-order valence-corrected chi connectivity index (χ0v) is 15.4. The molecule has 0 bridgehead atoms. The van der Waals surface area contributed by atoms with Gasteiger partial charge in [0.25, 0.3) is 5.56 Å². The number of anilines is 1. The Bertz CT molecular complexity index is 890. The third-order valence-electron chi connectivity index (χ3n) is 3.17. The lowest BCUT2D eigenvalue weighted by molar-refractivity contribution is -0.139. The first-order chi connectivity index (χ1) is 12.3. The number of nitrogens with one attached hydrogen (secondary N) is 2. The fraction of sp³-hybridized carbons (Fsp3) is 0.250. The van der Waals surface area contributed by atoms with Gasteiger partial charge in [-0.25, -0.2) is 9.37 Å². The van der Waals surface area contributed by atoms with E-state index in [1.54, 1.807) is 6.92 Å². The molecule has 0 saturated carbocycles. The van der Waals surface area contributed by atoms with Crippen molar-refractivity contribution in [2.75, 3.05) is 12.4 Å². The van der Waals surface area contributed by atoms with Crippen LogP contribution in [0.2, 0.25) is 5.02 Å². The number of thioether (sulfide) groups is 1. The minimum atomic E-state index is -0.646. The number of methoxy groups -OCH3 is 1. The molecular weight excluding hydrogens is 385 g/mol. The molecule has 138 valence electrons. The Kier molecular flexibility index (Phi) is 6.76. The molecule has 1 amide bonds. The monoisotopic (exact) mass is 399 g/mol. The fourth-order valence-corrected chi connectivity index (χ4v) is 2.94. The molecule has 0 unspecified atom stereocenters. The Balaban J connectivity index is 2.08. The third kappa shape index (κ3) is 5.57. The molecule has 1 aromatic carbocycles. The average Bonchev–Trinajstić information content (AvgIpc) is 2.56. The van der Waals surface area contributed by atoms with Gasteiger partial charge in [-0.1, -0.05) is 23.4 Å². The molecule has 0 aliphatic rings. The summed E-state index contributed by atoms with van der Waals surface area (Å²) in [6.45, 7) is 1.60. The highest BCUT2D eigenvalue weighted by Gasteiger charge is 2.18. The largest absolute Gasteiger partial charge is 0.469 e. The number of nitrogens with zero attached hydrogens (tertiary/aromatic N) is 1. The Hall–Kier alpha value is -2.39. The van der Waals surface area contributed by atoms with Crippen molar-refractivity contribution >= 4 is 40.9 Å². The van der Waals surface area contributed by atoms with Crippen LogP contribution in [0.5, 0.6) is 0 Å². The van der Waals surface area contributed by atoms with Gasteiger partial charge in [-0.05, 0) is 25.1 Å². The Morgan fingerprint density at radius 1 is 1.42 bits per heavy atom. The van der Waals surface area contributed by atoms with Crippen molar-refractivity contribution in [2.24, 2.45) is 0 Å². The number of benzene rings is 1. The van der Waals surface area contributed by atoms with E-state index in [0.29, 0.717) is 0 Å². The smallest absolute Gasteiger partial charge is 0.311 e. The number of ether oxygens (including phenoxy) is 1. The van der Waals surface area contributed by atoms with Crippen molar-refractivity contribution in [1.82, 2.24) is 9.97 Å². The van der Waals surface area contributed by atoms with Crippen LogP contribution in [0.1, 0.15) is 12.6 Å². The Labute approximate surface area is 157 Å². The van der Waals surface area contributed by atoms with E-state index in [1.807, 2.05) is 0 Å². The fourth-order valence-electron chi connectivity index (χ4n) is 1.90. The molecular formula is C16H15ClFN3O4S. The molecule has 1 heterocycles. The minimum absolute atomic E-state index is 0.0714. The van der Waals surface area contributed by atoms with Gasteiger partial charge in [0.2, 0.25) is 5.91 Å². The van der Waals surface area contributed by atoms with Crippen molar-refractivity contribution in [2.45, 2.75) is 23.8 Å². The topological polar surface area (TPSA) is 101 Å². The summed E-state index contributed by atoms with van der Waals surface area (Å²) in [4.78, 5) is 41.9. The Morgan fingerprint density at radius 3 is 2.81 bits per heavy atom. The number of rotatable bonds is 6. The van der Waals surface area contributed by atoms with Gasteiger partial charge in [0, 0.05) is 6.07 Å². The summed E-state index contributed by atoms with van der Waals surface area (Å²) in [7, 11) is 1.23. The summed E-state index contributed by atoms with van der Waals surface area (Å²) in [6.07, 6.45) is -0.153. The van der Waals surface area contributed by atoms with Crippen LogP contribution in [0, 0.1) is 5.82 Å². The van der Waals surface area contributed by atoms with Gasteiger partial charge >= 0.3 is 5.97 Å². The molecule has 2 rings (SSSR count). The van der Waals surface area contributed by atoms with E-state index < -0.39 is 28.5 Å². The Morgan fingerprint density at radius 2 is 2.15 bits per heavy atom. The molecule has 1 aromatic heterocycles. The maximum atomic E-state index is 13.0. The molecule has 0 aliphatic carbocycles. The predicted molar refractivity (Wildman–Crippen MR) is 95.9 cm³/mol. The van der Waals surface area contributed by atoms with Crippen molar-refractivity contribution in [3.63, 3.8) is 0 Å². The molecule has 2 aromatic rings. The summed E-state index contributed by atoms with van der Waals surface area (Å²) in [5.41, 5.74) is 0.0549. The van der Waals surface area contributed by atoms with E-state index in [2.05, 4.69) is 20.0 Å². The highest BCUT2D eigenvalue weighted by molar-refractivity contribution is 8.00. The maximum absolute atomic E-state index is 13.0. The number of carbonyl (C=O) groups excluding carboxylic acids is 2. The van der Waals surface area contributed by atoms with Crippen LogP contribution in [0.3, 0.4) is 0 Å². The first kappa shape index (κ1) is 19.9. The van der Waals surface area contributed by atoms with E-state index in [0.717, 1.165) is 17.8 Å². The average molecular weight is 400 g/mol. The number of H-pyrrole nitrogens is 1. The number of amides is 1. The van der Waals surface area contributed by atoms with Crippen LogP contribution in [0.15, 0.2) is 34.2 Å². The highest BCUT2D eigenvalue weighted by atomic mass is 35.5. The maximum Gasteiger partial charge on any atom is 0.311 e. The van der Waals surface area contributed by atoms with E-state index in [9.17, 15) is 18.8 Å². The predicted octanol–water partition coefficient (Wildman–Crippen LogP) is 2.40. The van der Waals surface area contributed by atoms with Crippen LogP contribution >= 0.6 is 23.4 Å². The van der Waals surface area contributed by atoms with E-state index in [4.69, 9.17) is 11.6 Å². The van der Waals surface area contributed by atoms with Gasteiger partial charge in [0.05, 0.1) is 35.2 Å². The molecule has 1 atom stereocenters. The molecule has 0 fully saturated rings. The summed E-state index contributed by atoms with van der Waals surface area (Å²) >= 11 is 6.87. The van der Waals surface area contributed by atoms with Gasteiger partial charge in [-0.15, -0.1) is 0 Å². The first-order valence-electron chi connectivity index (χ1n) is 7.38. The normalized spacial score (nSPS) is 11.7. The minimum Gasteiger partial charge on any atom is -0.469 e. The quantitative estimate of drug-likeness (QED) is 0.439. The number of aromatic amines is 1. The SMILES string of the molecule is COC(=O)Cc1cc(=O)[nH]c(S[C@@H](C)C(=O)Nc2ccc(F)cc2Cl)n1. The molecule has 0 saturated heterocycles. The van der Waals surface area contributed by atoms with Crippen LogP contribution in [0.4, 0.5) is 10.1 Å². The lowest BCUT2D eigenvalue weighted by Crippen LogP contribution is -2.23. The zero-order chi connectivity index (χ0) is 19.3. The first-order valence-corrected chi connectivity index (χ1v) is 8.64. The number of hydrogen-bond acceptors (Lipinski definition) is 6. The van der Waals surface area contributed by atoms with Crippen molar-refractivity contribution < 1.29 is 18.7 Å². The number of hydrogen-bond donors (Lipinski definition) is 2. The third-order valence-corrected chi connectivity index (χ3v) is 4.47. The van der Waals surface area contributed by atoms with Gasteiger partial charge in [-0.2, -0.15) is 0 Å². The van der Waals surface area contributed by atoms with E-state index in [-0.39, 0.29) is 28.0 Å². The number of esters is 1. The summed E-state index contributed by atoms with van der Waals surface area (Å²) in [5.74, 6) is -1.46. The van der Waals surface area contributed by atoms with E-state index in [1.165, 1.54) is 25.3 Å². The highest BCUT2D eigenvalue weighted by Crippen LogP contribution is 2.25. The van der Waals surface area contributed by atoms with Gasteiger partial charge < -0.3 is 15.0 Å². The second-order valence-electron chi connectivity index (χ2n) is 5.17. The molecule has 10 heteroatoms. The summed E-state index contributed by atoms with van der Waals surface area (Å²) in [6, 6.07) is 4.80. The summed E-state index contributed by atoms with van der Waals surface area (Å²) < 4.78 is 17.6. The second kappa shape index (κ2) is 8.81. The van der Waals surface area contributed by atoms with Crippen molar-refractivity contribution in [1.29, 1.82) is 0 Å². The lowest BCUT2D eigenvalue weighted by atomic mass is 10.3. The van der Waals surface area contributed by atoms with Gasteiger partial charge in [0.1, 0.15) is 5.82 Å². The van der Waals surface area contributed by atoms with Crippen molar-refractivity contribution in [3.05, 3.63) is 51.2 Å². The second-order valence-corrected chi connectivity index (χ2v) is 6.90. The molecule has 2 N–H and O–H groups in total. The van der Waals surface area contributed by atoms with Gasteiger partial charge in [0.15, 0.2) is 5.16 Å². The number of carbonyl (C=O) groups is 2. The zero-order valence-electron chi connectivity index (χ0n) is 13.8. The van der Waals surface area contributed by atoms with E-state index >= 15 is 0 Å². The molecule has 0 aliphatic heterocycles.